The second kappa shape index (κ2) is 9.43. The van der Waals surface area contributed by atoms with Crippen molar-refractivity contribution < 1.29 is 23.8 Å². The number of halogens is 1. The highest BCUT2D eigenvalue weighted by Crippen LogP contribution is 2.39. The van der Waals surface area contributed by atoms with Gasteiger partial charge in [-0.15, -0.1) is 0 Å². The van der Waals surface area contributed by atoms with Crippen molar-refractivity contribution in [2.24, 2.45) is 0 Å². The predicted octanol–water partition coefficient (Wildman–Crippen LogP) is 4.32. The summed E-state index contributed by atoms with van der Waals surface area (Å²) >= 11 is 4.42. The average Bonchev–Trinajstić information content (AvgIpc) is 2.88. The highest BCUT2D eigenvalue weighted by molar-refractivity contribution is 9.10. The average molecular weight is 444 g/mol. The van der Waals surface area contributed by atoms with Gasteiger partial charge in [-0.25, -0.2) is 0 Å². The van der Waals surface area contributed by atoms with E-state index < -0.39 is 0 Å². The third-order valence-electron chi connectivity index (χ3n) is 3.84. The molecule has 0 aromatic heterocycles. The number of carbonyl (C=O) groups excluding carboxylic acids is 2. The monoisotopic (exact) mass is 443 g/mol. The molecule has 0 bridgehead atoms. The van der Waals surface area contributed by atoms with Crippen LogP contribution in [0.3, 0.4) is 0 Å². The van der Waals surface area contributed by atoms with Crippen LogP contribution in [0.4, 0.5) is 4.79 Å². The third kappa shape index (κ3) is 4.81. The Bertz CT molecular complexity index is 722. The van der Waals surface area contributed by atoms with E-state index in [1.54, 1.807) is 19.3 Å². The van der Waals surface area contributed by atoms with Gasteiger partial charge in [-0.3, -0.25) is 14.5 Å². The van der Waals surface area contributed by atoms with Crippen LogP contribution >= 0.6 is 27.7 Å². The molecular weight excluding hydrogens is 422 g/mol. The summed E-state index contributed by atoms with van der Waals surface area (Å²) in [5.74, 6) is 0.865. The fourth-order valence-electron chi connectivity index (χ4n) is 2.25. The molecule has 0 unspecified atom stereocenters. The summed E-state index contributed by atoms with van der Waals surface area (Å²) in [6, 6.07) is 3.62. The first-order chi connectivity index (χ1) is 12.4. The van der Waals surface area contributed by atoms with Gasteiger partial charge in [0, 0.05) is 7.11 Å². The van der Waals surface area contributed by atoms with E-state index in [1.165, 1.54) is 12.0 Å². The molecule has 1 fully saturated rings. The number of hydrogen-bond donors (Lipinski definition) is 0. The standard InChI is InChI=1S/C18H22BrNO5S/c1-5-11(2)25-16-13(19)8-12(9-14(16)24-4)10-15-17(21)20(6-7-23-3)18(22)26-15/h8-11H,5-7H2,1-4H3/b15-10+/t11-/m1/s1. The van der Waals surface area contributed by atoms with Crippen molar-refractivity contribution in [3.05, 3.63) is 27.1 Å². The van der Waals surface area contributed by atoms with E-state index in [0.29, 0.717) is 23.0 Å². The third-order valence-corrected chi connectivity index (χ3v) is 5.33. The van der Waals surface area contributed by atoms with Crippen molar-refractivity contribution in [2.45, 2.75) is 26.4 Å². The maximum absolute atomic E-state index is 12.4. The molecule has 0 saturated carbocycles. The molecule has 142 valence electrons. The van der Waals surface area contributed by atoms with Gasteiger partial charge < -0.3 is 14.2 Å². The maximum Gasteiger partial charge on any atom is 0.293 e. The van der Waals surface area contributed by atoms with Crippen LogP contribution in [0.2, 0.25) is 0 Å². The Hall–Kier alpha value is -1.51. The van der Waals surface area contributed by atoms with Gasteiger partial charge >= 0.3 is 0 Å². The number of thioether (sulfide) groups is 1. The Morgan fingerprint density at radius 1 is 1.31 bits per heavy atom. The Labute approximate surface area is 166 Å². The van der Waals surface area contributed by atoms with E-state index in [-0.39, 0.29) is 23.8 Å². The molecular formula is C18H22BrNO5S. The van der Waals surface area contributed by atoms with E-state index >= 15 is 0 Å². The Morgan fingerprint density at radius 3 is 2.65 bits per heavy atom. The van der Waals surface area contributed by atoms with Crippen LogP contribution in [0.5, 0.6) is 11.5 Å². The lowest BCUT2D eigenvalue weighted by Crippen LogP contribution is -2.31. The number of imide groups is 1. The highest BCUT2D eigenvalue weighted by atomic mass is 79.9. The lowest BCUT2D eigenvalue weighted by Gasteiger charge is -2.17. The van der Waals surface area contributed by atoms with Crippen LogP contribution in [0.1, 0.15) is 25.8 Å². The molecule has 0 aliphatic carbocycles. The molecule has 1 atom stereocenters. The summed E-state index contributed by atoms with van der Waals surface area (Å²) in [4.78, 5) is 26.0. The minimum atomic E-state index is -0.313. The number of benzene rings is 1. The SMILES string of the molecule is CC[C@@H](C)Oc1c(Br)cc(/C=C2/SC(=O)N(CCOC)C2=O)cc1OC. The van der Waals surface area contributed by atoms with Crippen molar-refractivity contribution >= 4 is 44.9 Å². The van der Waals surface area contributed by atoms with Crippen LogP contribution in [0.25, 0.3) is 6.08 Å². The zero-order valence-corrected chi connectivity index (χ0v) is 17.6. The Morgan fingerprint density at radius 2 is 2.04 bits per heavy atom. The fourth-order valence-corrected chi connectivity index (χ4v) is 3.67. The number of rotatable bonds is 8. The molecule has 1 aliphatic heterocycles. The van der Waals surface area contributed by atoms with Crippen LogP contribution in [0, 0.1) is 0 Å². The van der Waals surface area contributed by atoms with Gasteiger partial charge in [0.2, 0.25) is 0 Å². The zero-order chi connectivity index (χ0) is 19.3. The van der Waals surface area contributed by atoms with Gasteiger partial charge in [-0.1, -0.05) is 6.92 Å². The summed E-state index contributed by atoms with van der Waals surface area (Å²) in [5.41, 5.74) is 0.738. The molecule has 0 N–H and O–H groups in total. The minimum absolute atomic E-state index is 0.0448. The van der Waals surface area contributed by atoms with E-state index in [1.807, 2.05) is 19.9 Å². The topological polar surface area (TPSA) is 65.1 Å². The number of hydrogen-bond acceptors (Lipinski definition) is 6. The van der Waals surface area contributed by atoms with Crippen LogP contribution in [-0.2, 0) is 9.53 Å². The van der Waals surface area contributed by atoms with Crippen molar-refractivity contribution in [1.29, 1.82) is 0 Å². The Kier molecular flexibility index (Phi) is 7.55. The lowest BCUT2D eigenvalue weighted by atomic mass is 10.1. The molecule has 6 nitrogen and oxygen atoms in total. The summed E-state index contributed by atoms with van der Waals surface area (Å²) in [6.07, 6.45) is 2.59. The van der Waals surface area contributed by atoms with Crippen LogP contribution in [0.15, 0.2) is 21.5 Å². The molecule has 1 aliphatic rings. The first-order valence-electron chi connectivity index (χ1n) is 8.19. The number of methoxy groups -OCH3 is 2. The van der Waals surface area contributed by atoms with E-state index in [4.69, 9.17) is 14.2 Å². The van der Waals surface area contributed by atoms with Gasteiger partial charge in [0.15, 0.2) is 11.5 Å². The van der Waals surface area contributed by atoms with Gasteiger partial charge in [0.05, 0.1) is 35.7 Å². The molecule has 26 heavy (non-hydrogen) atoms. The maximum atomic E-state index is 12.4. The summed E-state index contributed by atoms with van der Waals surface area (Å²) in [5, 5.41) is -0.291. The van der Waals surface area contributed by atoms with Gasteiger partial charge in [-0.2, -0.15) is 0 Å². The molecule has 1 aromatic rings. The fraction of sp³-hybridized carbons (Fsp3) is 0.444. The van der Waals surface area contributed by atoms with Gasteiger partial charge in [0.25, 0.3) is 11.1 Å². The first-order valence-corrected chi connectivity index (χ1v) is 9.80. The van der Waals surface area contributed by atoms with Crippen LogP contribution in [-0.4, -0.2) is 49.5 Å². The van der Waals surface area contributed by atoms with Crippen LogP contribution < -0.4 is 9.47 Å². The smallest absolute Gasteiger partial charge is 0.293 e. The van der Waals surface area contributed by atoms with Crippen molar-refractivity contribution in [3.8, 4) is 11.5 Å². The second-order valence-electron chi connectivity index (χ2n) is 5.70. The second-order valence-corrected chi connectivity index (χ2v) is 7.54. The number of carbonyl (C=O) groups is 2. The molecule has 2 amide bonds. The van der Waals surface area contributed by atoms with Gasteiger partial charge in [0.1, 0.15) is 0 Å². The van der Waals surface area contributed by atoms with E-state index in [2.05, 4.69) is 15.9 Å². The van der Waals surface area contributed by atoms with Crippen molar-refractivity contribution in [2.75, 3.05) is 27.4 Å². The number of ether oxygens (including phenoxy) is 3. The lowest BCUT2D eigenvalue weighted by molar-refractivity contribution is -0.123. The Balaban J connectivity index is 2.29. The molecule has 0 radical (unpaired) electrons. The number of nitrogens with zero attached hydrogens (tertiary/aromatic N) is 1. The summed E-state index contributed by atoms with van der Waals surface area (Å²) < 4.78 is 17.0. The molecule has 8 heteroatoms. The summed E-state index contributed by atoms with van der Waals surface area (Å²) in [6.45, 7) is 4.58. The summed E-state index contributed by atoms with van der Waals surface area (Å²) in [7, 11) is 3.09. The van der Waals surface area contributed by atoms with Gasteiger partial charge in [-0.05, 0) is 64.8 Å². The quantitative estimate of drug-likeness (QED) is 0.557. The molecule has 1 aromatic carbocycles. The highest BCUT2D eigenvalue weighted by Gasteiger charge is 2.34. The molecule has 2 rings (SSSR count). The minimum Gasteiger partial charge on any atom is -0.493 e. The zero-order valence-electron chi connectivity index (χ0n) is 15.2. The molecule has 1 saturated heterocycles. The van der Waals surface area contributed by atoms with Crippen molar-refractivity contribution in [1.82, 2.24) is 4.90 Å². The number of amides is 2. The van der Waals surface area contributed by atoms with E-state index in [9.17, 15) is 9.59 Å². The van der Waals surface area contributed by atoms with Crippen molar-refractivity contribution in [3.63, 3.8) is 0 Å². The van der Waals surface area contributed by atoms with E-state index in [0.717, 1.165) is 28.2 Å². The molecule has 1 heterocycles. The predicted molar refractivity (Wildman–Crippen MR) is 106 cm³/mol. The normalized spacial score (nSPS) is 17.1. The molecule has 0 spiro atoms. The first kappa shape index (κ1) is 20.8. The largest absolute Gasteiger partial charge is 0.493 e.